The molecule has 40 heavy (non-hydrogen) atoms. The number of aromatic carboxylic acids is 1. The normalized spacial score (nSPS) is 11.2. The fourth-order valence-corrected chi connectivity index (χ4v) is 5.38. The van der Waals surface area contributed by atoms with Gasteiger partial charge in [-0.1, -0.05) is 60.7 Å². The summed E-state index contributed by atoms with van der Waals surface area (Å²) in [4.78, 5) is 12.1. The van der Waals surface area contributed by atoms with Gasteiger partial charge in [0.2, 0.25) is 11.0 Å². The molecule has 1 aromatic heterocycles. The molecule has 5 aromatic rings. The van der Waals surface area contributed by atoms with E-state index in [0.717, 1.165) is 44.8 Å². The quantitative estimate of drug-likeness (QED) is 0.0953. The molecule has 7 nitrogen and oxygen atoms in total. The molecule has 3 N–H and O–H groups in total. The molecule has 0 aliphatic heterocycles. The van der Waals surface area contributed by atoms with E-state index in [-0.39, 0.29) is 16.6 Å². The van der Waals surface area contributed by atoms with Crippen LogP contribution in [0, 0.1) is 0 Å². The van der Waals surface area contributed by atoms with Crippen LogP contribution in [0.5, 0.6) is 5.88 Å². The number of aryl methyl sites for hydroxylation is 1. The molecule has 4 aromatic carbocycles. The number of rotatable bonds is 9. The molecule has 0 fully saturated rings. The zero-order valence-corrected chi connectivity index (χ0v) is 23.0. The summed E-state index contributed by atoms with van der Waals surface area (Å²) < 4.78 is 1.82. The van der Waals surface area contributed by atoms with Crippen LogP contribution < -0.4 is 5.32 Å². The van der Waals surface area contributed by atoms with Gasteiger partial charge in [0.05, 0.1) is 17.6 Å². The number of nitrogens with one attached hydrogen (secondary N) is 1. The number of azo groups is 1. The summed E-state index contributed by atoms with van der Waals surface area (Å²) in [6.45, 7) is 0.476. The van der Waals surface area contributed by atoms with E-state index in [1.165, 1.54) is 0 Å². The van der Waals surface area contributed by atoms with Gasteiger partial charge in [0, 0.05) is 21.7 Å². The van der Waals surface area contributed by atoms with Crippen LogP contribution in [0.3, 0.4) is 0 Å². The Labute approximate surface area is 241 Å². The summed E-state index contributed by atoms with van der Waals surface area (Å²) >= 11 is 7.05. The van der Waals surface area contributed by atoms with E-state index in [4.69, 9.17) is 17.3 Å². The molecule has 0 amide bonds. The van der Waals surface area contributed by atoms with Gasteiger partial charge in [-0.25, -0.2) is 4.79 Å². The van der Waals surface area contributed by atoms with E-state index < -0.39 is 5.97 Å². The zero-order chi connectivity index (χ0) is 27.9. The monoisotopic (exact) mass is 566 g/mol. The van der Waals surface area contributed by atoms with E-state index in [2.05, 4.69) is 15.5 Å². The maximum atomic E-state index is 11.3. The van der Waals surface area contributed by atoms with E-state index in [0.29, 0.717) is 12.2 Å². The molecule has 9 heteroatoms. The van der Waals surface area contributed by atoms with E-state index in [1.54, 1.807) is 23.9 Å². The van der Waals surface area contributed by atoms with Gasteiger partial charge >= 0.3 is 5.97 Å². The van der Waals surface area contributed by atoms with Crippen LogP contribution in [0.4, 0.5) is 11.4 Å². The minimum atomic E-state index is -0.929. The largest absolute Gasteiger partial charge is 0.493 e. The molecule has 0 spiro atoms. The maximum Gasteiger partial charge on any atom is 0.335 e. The molecule has 200 valence electrons. The topological polar surface area (TPSA) is 99.2 Å². The SMILES string of the molecule is O=C(O)c1ccc(CCSc2ccc3c(c2)c(N=NC(=S)Nc2ccccc2)c(O)n3Cc2ccccc2)cc1. The Morgan fingerprint density at radius 2 is 1.60 bits per heavy atom. The second-order valence-corrected chi connectivity index (χ2v) is 10.6. The van der Waals surface area contributed by atoms with Crippen LogP contribution in [-0.4, -0.2) is 31.6 Å². The predicted octanol–water partition coefficient (Wildman–Crippen LogP) is 7.91. The van der Waals surface area contributed by atoms with Crippen molar-refractivity contribution in [1.29, 1.82) is 0 Å². The number of nitrogens with zero attached hydrogens (tertiary/aromatic N) is 3. The highest BCUT2D eigenvalue weighted by Crippen LogP contribution is 2.41. The Morgan fingerprint density at radius 3 is 2.30 bits per heavy atom. The lowest BCUT2D eigenvalue weighted by Crippen LogP contribution is -2.04. The van der Waals surface area contributed by atoms with E-state index in [1.807, 2.05) is 95.6 Å². The van der Waals surface area contributed by atoms with Crippen molar-refractivity contribution in [3.05, 3.63) is 120 Å². The first-order valence-electron chi connectivity index (χ1n) is 12.6. The molecule has 0 radical (unpaired) electrons. The Hall–Kier alpha value is -4.47. The molecule has 0 saturated heterocycles. The van der Waals surface area contributed by atoms with Gasteiger partial charge in [-0.15, -0.1) is 22.0 Å². The van der Waals surface area contributed by atoms with Crippen LogP contribution in [-0.2, 0) is 13.0 Å². The summed E-state index contributed by atoms with van der Waals surface area (Å²) in [5.41, 5.74) is 4.40. The molecule has 0 unspecified atom stereocenters. The van der Waals surface area contributed by atoms with Crippen LogP contribution in [0.15, 0.2) is 118 Å². The van der Waals surface area contributed by atoms with E-state index in [9.17, 15) is 9.90 Å². The number of fused-ring (bicyclic) bond motifs is 1. The van der Waals surface area contributed by atoms with Crippen molar-refractivity contribution in [1.82, 2.24) is 4.57 Å². The predicted molar refractivity (Wildman–Crippen MR) is 164 cm³/mol. The summed E-state index contributed by atoms with van der Waals surface area (Å²) in [5, 5.41) is 32.9. The average Bonchev–Trinajstić information content (AvgIpc) is 3.22. The summed E-state index contributed by atoms with van der Waals surface area (Å²) in [7, 11) is 0. The van der Waals surface area contributed by atoms with Gasteiger partial charge in [0.1, 0.15) is 0 Å². The van der Waals surface area contributed by atoms with Crippen molar-refractivity contribution < 1.29 is 15.0 Å². The second kappa shape index (κ2) is 12.6. The van der Waals surface area contributed by atoms with Crippen LogP contribution >= 0.6 is 24.0 Å². The number of para-hydroxylation sites is 1. The number of hydrogen-bond acceptors (Lipinski definition) is 5. The summed E-state index contributed by atoms with van der Waals surface area (Å²) in [6, 6.07) is 32.4. The van der Waals surface area contributed by atoms with Crippen LogP contribution in [0.2, 0.25) is 0 Å². The van der Waals surface area contributed by atoms with Gasteiger partial charge in [0.25, 0.3) is 0 Å². The van der Waals surface area contributed by atoms with Gasteiger partial charge in [-0.3, -0.25) is 0 Å². The Balaban J connectivity index is 1.39. The molecule has 5 rings (SSSR count). The molecule has 0 atom stereocenters. The summed E-state index contributed by atoms with van der Waals surface area (Å²) in [6.07, 6.45) is 0.787. The third-order valence-electron chi connectivity index (χ3n) is 6.29. The fraction of sp³-hybridized carbons (Fsp3) is 0.0968. The molecular weight excluding hydrogens is 541 g/mol. The number of anilines is 1. The van der Waals surface area contributed by atoms with Gasteiger partial charge in [0.15, 0.2) is 5.69 Å². The number of aromatic nitrogens is 1. The lowest BCUT2D eigenvalue weighted by molar-refractivity contribution is 0.0697. The molecular formula is C31H26N4O3S2. The summed E-state index contributed by atoms with van der Waals surface area (Å²) in [5.74, 6) is -0.108. The Bertz CT molecular complexity index is 1670. The number of carboxylic acid groups (broad SMARTS) is 1. The minimum absolute atomic E-state index is 0.0192. The van der Waals surface area contributed by atoms with Crippen molar-refractivity contribution in [2.24, 2.45) is 10.2 Å². The number of thioether (sulfide) groups is 1. The molecule has 0 aliphatic rings. The highest BCUT2D eigenvalue weighted by molar-refractivity contribution is 7.99. The zero-order valence-electron chi connectivity index (χ0n) is 21.4. The number of hydrogen-bond donors (Lipinski definition) is 3. The van der Waals surface area contributed by atoms with Crippen molar-refractivity contribution in [3.63, 3.8) is 0 Å². The minimum Gasteiger partial charge on any atom is -0.493 e. The first kappa shape index (κ1) is 27.1. The molecule has 1 heterocycles. The molecule has 0 saturated carbocycles. The number of aromatic hydroxyl groups is 1. The number of carbonyl (C=O) groups is 1. The first-order chi connectivity index (χ1) is 19.5. The number of thiocarbonyl (C=S) groups is 1. The van der Waals surface area contributed by atoms with Crippen molar-refractivity contribution in [2.45, 2.75) is 17.9 Å². The Kier molecular flexibility index (Phi) is 8.53. The van der Waals surface area contributed by atoms with Crippen molar-refractivity contribution >= 4 is 57.3 Å². The van der Waals surface area contributed by atoms with Crippen LogP contribution in [0.1, 0.15) is 21.5 Å². The van der Waals surface area contributed by atoms with Gasteiger partial charge < -0.3 is 20.1 Å². The van der Waals surface area contributed by atoms with Crippen LogP contribution in [0.25, 0.3) is 10.9 Å². The van der Waals surface area contributed by atoms with Crippen molar-refractivity contribution in [3.8, 4) is 5.88 Å². The van der Waals surface area contributed by atoms with E-state index >= 15 is 0 Å². The van der Waals surface area contributed by atoms with Gasteiger partial charge in [-0.05, 0) is 72.2 Å². The lowest BCUT2D eigenvalue weighted by atomic mass is 10.1. The van der Waals surface area contributed by atoms with Gasteiger partial charge in [-0.2, -0.15) is 0 Å². The highest BCUT2D eigenvalue weighted by atomic mass is 32.2. The average molecular weight is 567 g/mol. The highest BCUT2D eigenvalue weighted by Gasteiger charge is 2.18. The molecule has 0 aliphatic carbocycles. The Morgan fingerprint density at radius 1 is 0.900 bits per heavy atom. The number of benzene rings is 4. The van der Waals surface area contributed by atoms with Crippen molar-refractivity contribution in [2.75, 3.05) is 11.1 Å². The second-order valence-electron chi connectivity index (χ2n) is 9.02. The third kappa shape index (κ3) is 6.56. The number of carboxylic acids is 1. The standard InChI is InChI=1S/C31H26N4O3S2/c36-29-28(33-34-31(39)32-24-9-5-2-6-10-24)26-19-25(40-18-17-21-11-13-23(14-12-21)30(37)38)15-16-27(26)35(29)20-22-7-3-1-4-8-22/h1-16,19,36H,17-18,20H2,(H,32,39)(H,37,38). The smallest absolute Gasteiger partial charge is 0.335 e. The lowest BCUT2D eigenvalue weighted by Gasteiger charge is -2.08. The first-order valence-corrected chi connectivity index (χ1v) is 14.0. The molecule has 0 bridgehead atoms. The maximum absolute atomic E-state index is 11.3. The third-order valence-corrected chi connectivity index (χ3v) is 7.47. The fourth-order valence-electron chi connectivity index (χ4n) is 4.28.